The molecule has 4 aromatic rings. The Hall–Kier alpha value is -3.13. The molecule has 0 amide bonds. The molecule has 26 heavy (non-hydrogen) atoms. The highest BCUT2D eigenvalue weighted by atomic mass is 14.9. The summed E-state index contributed by atoms with van der Waals surface area (Å²) in [6.07, 6.45) is 1.86. The third kappa shape index (κ3) is 3.31. The van der Waals surface area contributed by atoms with E-state index in [1.54, 1.807) is 0 Å². The van der Waals surface area contributed by atoms with Gasteiger partial charge in [-0.2, -0.15) is 0 Å². The van der Waals surface area contributed by atoms with Gasteiger partial charge in [0.1, 0.15) is 0 Å². The Bertz CT molecular complexity index is 1080. The number of nitrogens with one attached hydrogen (secondary N) is 1. The molecule has 0 bridgehead atoms. The average molecular weight is 338 g/mol. The SMILES string of the molecule is Cc1ccc(-c2cc(C)cc(Nc3ccnc4cc(C)ccc34)c2)cc1. The fourth-order valence-corrected chi connectivity index (χ4v) is 3.29. The number of rotatable bonds is 3. The van der Waals surface area contributed by atoms with Crippen LogP contribution in [0.25, 0.3) is 22.0 Å². The van der Waals surface area contributed by atoms with E-state index < -0.39 is 0 Å². The van der Waals surface area contributed by atoms with Gasteiger partial charge in [-0.3, -0.25) is 4.98 Å². The average Bonchev–Trinajstić information content (AvgIpc) is 2.62. The van der Waals surface area contributed by atoms with E-state index in [0.717, 1.165) is 22.3 Å². The van der Waals surface area contributed by atoms with Crippen LogP contribution in [0.2, 0.25) is 0 Å². The van der Waals surface area contributed by atoms with Crippen LogP contribution >= 0.6 is 0 Å². The standard InChI is InChI=1S/C24H22N2/c1-16-4-7-19(8-5-16)20-12-18(3)13-21(15-20)26-23-10-11-25-24-14-17(2)6-9-22(23)24/h4-15H,1-3H3,(H,25,26). The molecule has 128 valence electrons. The van der Waals surface area contributed by atoms with Crippen LogP contribution in [-0.4, -0.2) is 4.98 Å². The van der Waals surface area contributed by atoms with E-state index in [1.807, 2.05) is 12.3 Å². The molecule has 0 radical (unpaired) electrons. The van der Waals surface area contributed by atoms with Crippen LogP contribution in [0, 0.1) is 20.8 Å². The zero-order valence-corrected chi connectivity index (χ0v) is 15.4. The van der Waals surface area contributed by atoms with Gasteiger partial charge in [-0.25, -0.2) is 0 Å². The molecular weight excluding hydrogens is 316 g/mol. The lowest BCUT2D eigenvalue weighted by Gasteiger charge is -2.13. The number of benzene rings is 3. The van der Waals surface area contributed by atoms with Crippen molar-refractivity contribution in [2.75, 3.05) is 5.32 Å². The Morgan fingerprint density at radius 1 is 0.654 bits per heavy atom. The van der Waals surface area contributed by atoms with Gasteiger partial charge < -0.3 is 5.32 Å². The van der Waals surface area contributed by atoms with Crippen LogP contribution in [0.15, 0.2) is 72.9 Å². The summed E-state index contributed by atoms with van der Waals surface area (Å²) in [6.45, 7) is 6.34. The first-order valence-electron chi connectivity index (χ1n) is 8.90. The van der Waals surface area contributed by atoms with E-state index in [4.69, 9.17) is 0 Å². The van der Waals surface area contributed by atoms with Crippen molar-refractivity contribution in [2.24, 2.45) is 0 Å². The lowest BCUT2D eigenvalue weighted by atomic mass is 10.0. The molecular formula is C24H22N2. The normalized spacial score (nSPS) is 10.9. The zero-order chi connectivity index (χ0) is 18.1. The molecule has 4 rings (SSSR count). The van der Waals surface area contributed by atoms with Gasteiger partial charge in [0.2, 0.25) is 0 Å². The number of anilines is 2. The van der Waals surface area contributed by atoms with E-state index >= 15 is 0 Å². The van der Waals surface area contributed by atoms with Gasteiger partial charge in [-0.1, -0.05) is 48.0 Å². The Morgan fingerprint density at radius 3 is 2.23 bits per heavy atom. The molecule has 0 aliphatic carbocycles. The number of fused-ring (bicyclic) bond motifs is 1. The Balaban J connectivity index is 1.74. The van der Waals surface area contributed by atoms with E-state index in [1.165, 1.54) is 27.8 Å². The van der Waals surface area contributed by atoms with Crippen molar-refractivity contribution < 1.29 is 0 Å². The fraction of sp³-hybridized carbons (Fsp3) is 0.125. The molecule has 0 fully saturated rings. The maximum absolute atomic E-state index is 4.50. The van der Waals surface area contributed by atoms with E-state index in [9.17, 15) is 0 Å². The summed E-state index contributed by atoms with van der Waals surface area (Å²) in [5.41, 5.74) is 9.38. The van der Waals surface area contributed by atoms with Crippen LogP contribution in [-0.2, 0) is 0 Å². The fourth-order valence-electron chi connectivity index (χ4n) is 3.29. The van der Waals surface area contributed by atoms with Crippen LogP contribution in [0.1, 0.15) is 16.7 Å². The highest BCUT2D eigenvalue weighted by molar-refractivity contribution is 5.93. The number of aryl methyl sites for hydroxylation is 3. The number of hydrogen-bond donors (Lipinski definition) is 1. The maximum Gasteiger partial charge on any atom is 0.0725 e. The van der Waals surface area contributed by atoms with Gasteiger partial charge >= 0.3 is 0 Å². The second-order valence-electron chi connectivity index (χ2n) is 6.96. The van der Waals surface area contributed by atoms with Crippen molar-refractivity contribution >= 4 is 22.3 Å². The third-order valence-electron chi connectivity index (χ3n) is 4.64. The quantitative estimate of drug-likeness (QED) is 0.457. The van der Waals surface area contributed by atoms with Gasteiger partial charge in [0.05, 0.1) is 5.52 Å². The highest BCUT2D eigenvalue weighted by Crippen LogP contribution is 2.30. The smallest absolute Gasteiger partial charge is 0.0725 e. The number of hydrogen-bond acceptors (Lipinski definition) is 2. The van der Waals surface area contributed by atoms with Gasteiger partial charge in [0.25, 0.3) is 0 Å². The minimum Gasteiger partial charge on any atom is -0.355 e. The summed E-state index contributed by atoms with van der Waals surface area (Å²) >= 11 is 0. The third-order valence-corrected chi connectivity index (χ3v) is 4.64. The van der Waals surface area contributed by atoms with Crippen LogP contribution in [0.4, 0.5) is 11.4 Å². The molecule has 1 N–H and O–H groups in total. The van der Waals surface area contributed by atoms with E-state index in [-0.39, 0.29) is 0 Å². The van der Waals surface area contributed by atoms with Crippen LogP contribution < -0.4 is 5.32 Å². The first kappa shape index (κ1) is 16.3. The second kappa shape index (κ2) is 6.64. The van der Waals surface area contributed by atoms with Crippen molar-refractivity contribution in [3.05, 3.63) is 89.6 Å². The van der Waals surface area contributed by atoms with Crippen LogP contribution in [0.3, 0.4) is 0 Å². The summed E-state index contributed by atoms with van der Waals surface area (Å²) in [6, 6.07) is 23.7. The predicted octanol–water partition coefficient (Wildman–Crippen LogP) is 6.57. The molecule has 0 saturated heterocycles. The minimum atomic E-state index is 1.02. The van der Waals surface area contributed by atoms with Crippen molar-refractivity contribution in [1.82, 2.24) is 4.98 Å². The summed E-state index contributed by atoms with van der Waals surface area (Å²) in [7, 11) is 0. The topological polar surface area (TPSA) is 24.9 Å². The van der Waals surface area contributed by atoms with Crippen molar-refractivity contribution in [1.29, 1.82) is 0 Å². The molecule has 0 atom stereocenters. The number of pyridine rings is 1. The van der Waals surface area contributed by atoms with Gasteiger partial charge in [0.15, 0.2) is 0 Å². The molecule has 1 aromatic heterocycles. The van der Waals surface area contributed by atoms with Crippen molar-refractivity contribution in [3.63, 3.8) is 0 Å². The number of nitrogens with zero attached hydrogens (tertiary/aromatic N) is 1. The van der Waals surface area contributed by atoms with Crippen molar-refractivity contribution in [3.8, 4) is 11.1 Å². The molecule has 0 saturated carbocycles. The van der Waals surface area contributed by atoms with Gasteiger partial charge in [-0.05, 0) is 67.3 Å². The van der Waals surface area contributed by atoms with Gasteiger partial charge in [0, 0.05) is 23.0 Å². The van der Waals surface area contributed by atoms with E-state index in [0.29, 0.717) is 0 Å². The molecule has 0 unspecified atom stereocenters. The lowest BCUT2D eigenvalue weighted by molar-refractivity contribution is 1.38. The predicted molar refractivity (Wildman–Crippen MR) is 111 cm³/mol. The highest BCUT2D eigenvalue weighted by Gasteiger charge is 2.06. The lowest BCUT2D eigenvalue weighted by Crippen LogP contribution is -1.94. The summed E-state index contributed by atoms with van der Waals surface area (Å²) < 4.78 is 0. The molecule has 2 heteroatoms. The molecule has 0 aliphatic heterocycles. The molecule has 0 aliphatic rings. The first-order chi connectivity index (χ1) is 12.6. The largest absolute Gasteiger partial charge is 0.355 e. The monoisotopic (exact) mass is 338 g/mol. The minimum absolute atomic E-state index is 1.02. The Labute approximate surface area is 154 Å². The molecule has 0 spiro atoms. The summed E-state index contributed by atoms with van der Waals surface area (Å²) in [5, 5.41) is 4.72. The summed E-state index contributed by atoms with van der Waals surface area (Å²) in [4.78, 5) is 4.50. The molecule has 2 nitrogen and oxygen atoms in total. The summed E-state index contributed by atoms with van der Waals surface area (Å²) in [5.74, 6) is 0. The zero-order valence-electron chi connectivity index (χ0n) is 15.4. The van der Waals surface area contributed by atoms with Gasteiger partial charge in [-0.15, -0.1) is 0 Å². The van der Waals surface area contributed by atoms with Crippen molar-refractivity contribution in [2.45, 2.75) is 20.8 Å². The van der Waals surface area contributed by atoms with Crippen LogP contribution in [0.5, 0.6) is 0 Å². The Kier molecular flexibility index (Phi) is 4.18. The first-order valence-corrected chi connectivity index (χ1v) is 8.90. The van der Waals surface area contributed by atoms with E-state index in [2.05, 4.69) is 91.7 Å². The maximum atomic E-state index is 4.50. The molecule has 1 heterocycles. The Morgan fingerprint density at radius 2 is 1.42 bits per heavy atom. The second-order valence-corrected chi connectivity index (χ2v) is 6.96. The molecule has 3 aromatic carbocycles. The number of aromatic nitrogens is 1.